The van der Waals surface area contributed by atoms with Crippen molar-refractivity contribution in [1.29, 1.82) is 0 Å². The van der Waals surface area contributed by atoms with Gasteiger partial charge >= 0.3 is 18.4 Å². The van der Waals surface area contributed by atoms with Crippen LogP contribution in [-0.4, -0.2) is 28.8 Å². The Labute approximate surface area is 137 Å². The Morgan fingerprint density at radius 3 is 2.04 bits per heavy atom. The standard InChI is InChI=1S/C14H12F6N2O3/c1-6(23)9-10(7-2-4-8(5-3-7)13(15,16)17)21-11(24)22-12(9,25)14(18,19)20/h2-5,9-10,25H,1H3,(H2,21,22,24). The van der Waals surface area contributed by atoms with Gasteiger partial charge in [-0.3, -0.25) is 4.79 Å². The Balaban J connectivity index is 2.51. The number of halogens is 6. The van der Waals surface area contributed by atoms with Crippen LogP contribution in [0.4, 0.5) is 31.1 Å². The molecule has 0 aromatic heterocycles. The van der Waals surface area contributed by atoms with E-state index in [1.165, 1.54) is 5.32 Å². The van der Waals surface area contributed by atoms with E-state index in [1.807, 2.05) is 5.32 Å². The second-order valence-electron chi connectivity index (χ2n) is 5.55. The molecule has 1 aromatic rings. The Kier molecular flexibility index (Phi) is 4.49. The van der Waals surface area contributed by atoms with Gasteiger partial charge in [0, 0.05) is 0 Å². The number of Topliss-reactive ketones (excluding diaryl/α,β-unsaturated/α-hetero) is 1. The van der Waals surface area contributed by atoms with Gasteiger partial charge in [-0.15, -0.1) is 0 Å². The normalized spacial score (nSPS) is 27.4. The maximum Gasteiger partial charge on any atom is 0.437 e. The Morgan fingerprint density at radius 2 is 1.64 bits per heavy atom. The van der Waals surface area contributed by atoms with Gasteiger partial charge in [0.1, 0.15) is 5.78 Å². The number of carbonyl (C=O) groups is 2. The molecular weight excluding hydrogens is 358 g/mol. The molecule has 1 aliphatic heterocycles. The first-order valence-corrected chi connectivity index (χ1v) is 6.83. The minimum absolute atomic E-state index is 0.189. The lowest BCUT2D eigenvalue weighted by Crippen LogP contribution is -2.72. The van der Waals surface area contributed by atoms with E-state index in [0.717, 1.165) is 19.1 Å². The van der Waals surface area contributed by atoms with E-state index in [9.17, 15) is 41.0 Å². The fourth-order valence-corrected chi connectivity index (χ4v) is 2.68. The van der Waals surface area contributed by atoms with E-state index in [1.54, 1.807) is 0 Å². The number of aliphatic hydroxyl groups is 1. The van der Waals surface area contributed by atoms with E-state index in [4.69, 9.17) is 0 Å². The van der Waals surface area contributed by atoms with Gasteiger partial charge in [-0.2, -0.15) is 26.3 Å². The van der Waals surface area contributed by atoms with Gasteiger partial charge in [0.25, 0.3) is 0 Å². The molecule has 11 heteroatoms. The molecule has 5 nitrogen and oxygen atoms in total. The maximum atomic E-state index is 13.2. The summed E-state index contributed by atoms with van der Waals surface area (Å²) in [6, 6.07) is -0.194. The minimum Gasteiger partial charge on any atom is -0.363 e. The van der Waals surface area contributed by atoms with E-state index < -0.39 is 47.4 Å². The fraction of sp³-hybridized carbons (Fsp3) is 0.429. The van der Waals surface area contributed by atoms with Gasteiger partial charge in [0.15, 0.2) is 0 Å². The number of carbonyl (C=O) groups excluding carboxylic acids is 2. The largest absolute Gasteiger partial charge is 0.437 e. The fourth-order valence-electron chi connectivity index (χ4n) is 2.68. The minimum atomic E-state index is -5.38. The third kappa shape index (κ3) is 3.41. The highest BCUT2D eigenvalue weighted by molar-refractivity contribution is 5.86. The lowest BCUT2D eigenvalue weighted by molar-refractivity contribution is -0.290. The van der Waals surface area contributed by atoms with Crippen LogP contribution in [0.2, 0.25) is 0 Å². The quantitative estimate of drug-likeness (QED) is 0.700. The van der Waals surface area contributed by atoms with Gasteiger partial charge in [-0.05, 0) is 24.6 Å². The summed E-state index contributed by atoms with van der Waals surface area (Å²) in [5.74, 6) is -3.31. The first kappa shape index (κ1) is 19.0. The Morgan fingerprint density at radius 1 is 1.12 bits per heavy atom. The molecule has 1 fully saturated rings. The number of benzene rings is 1. The molecule has 0 bridgehead atoms. The lowest BCUT2D eigenvalue weighted by Gasteiger charge is -2.44. The number of alkyl halides is 6. The number of urea groups is 1. The first-order valence-electron chi connectivity index (χ1n) is 6.83. The smallest absolute Gasteiger partial charge is 0.363 e. The second-order valence-corrected chi connectivity index (χ2v) is 5.55. The Hall–Kier alpha value is -2.30. The second kappa shape index (κ2) is 5.90. The summed E-state index contributed by atoms with van der Waals surface area (Å²) >= 11 is 0. The van der Waals surface area contributed by atoms with Crippen LogP contribution in [0.3, 0.4) is 0 Å². The van der Waals surface area contributed by atoms with Gasteiger partial charge < -0.3 is 15.7 Å². The zero-order valence-corrected chi connectivity index (χ0v) is 12.5. The number of hydrogen-bond donors (Lipinski definition) is 3. The van der Waals surface area contributed by atoms with E-state index in [2.05, 4.69) is 0 Å². The zero-order chi connectivity index (χ0) is 19.2. The van der Waals surface area contributed by atoms with E-state index in [0.29, 0.717) is 12.1 Å². The molecule has 1 aliphatic rings. The highest BCUT2D eigenvalue weighted by atomic mass is 19.4. The molecule has 2 rings (SSSR count). The molecule has 25 heavy (non-hydrogen) atoms. The number of hydrogen-bond acceptors (Lipinski definition) is 3. The van der Waals surface area contributed by atoms with Gasteiger partial charge in [0.05, 0.1) is 17.5 Å². The molecule has 1 aromatic carbocycles. The summed E-state index contributed by atoms with van der Waals surface area (Å²) in [7, 11) is 0. The molecule has 3 atom stereocenters. The summed E-state index contributed by atoms with van der Waals surface area (Å²) in [5, 5.41) is 13.2. The van der Waals surface area contributed by atoms with Crippen molar-refractivity contribution in [3.8, 4) is 0 Å². The molecular formula is C14H12F6N2O3. The van der Waals surface area contributed by atoms with Crippen molar-refractivity contribution in [1.82, 2.24) is 10.6 Å². The number of nitrogens with one attached hydrogen (secondary N) is 2. The van der Waals surface area contributed by atoms with E-state index in [-0.39, 0.29) is 5.56 Å². The number of ketones is 1. The summed E-state index contributed by atoms with van der Waals surface area (Å²) in [6.45, 7) is 0.775. The van der Waals surface area contributed by atoms with Gasteiger partial charge in [-0.25, -0.2) is 4.79 Å². The predicted molar refractivity (Wildman–Crippen MR) is 71.0 cm³/mol. The van der Waals surface area contributed by atoms with E-state index >= 15 is 0 Å². The van der Waals surface area contributed by atoms with Crippen LogP contribution in [0.1, 0.15) is 24.1 Å². The van der Waals surface area contributed by atoms with Crippen LogP contribution in [0.5, 0.6) is 0 Å². The van der Waals surface area contributed by atoms with Crippen molar-refractivity contribution in [3.63, 3.8) is 0 Å². The molecule has 138 valence electrons. The third-order valence-electron chi connectivity index (χ3n) is 3.84. The molecule has 0 radical (unpaired) electrons. The van der Waals surface area contributed by atoms with Crippen LogP contribution < -0.4 is 10.6 Å². The van der Waals surface area contributed by atoms with Crippen LogP contribution in [0.25, 0.3) is 0 Å². The van der Waals surface area contributed by atoms with Crippen LogP contribution in [0, 0.1) is 5.92 Å². The van der Waals surface area contributed by atoms with Crippen molar-refractivity contribution < 1.29 is 41.0 Å². The van der Waals surface area contributed by atoms with Crippen molar-refractivity contribution in [3.05, 3.63) is 35.4 Å². The predicted octanol–water partition coefficient (Wildman–Crippen LogP) is 2.52. The summed E-state index contributed by atoms with van der Waals surface area (Å²) < 4.78 is 77.4. The van der Waals surface area contributed by atoms with Crippen molar-refractivity contribution in [2.45, 2.75) is 31.0 Å². The molecule has 0 spiro atoms. The van der Waals surface area contributed by atoms with Gasteiger partial charge in [-0.1, -0.05) is 12.1 Å². The average molecular weight is 370 g/mol. The zero-order valence-electron chi connectivity index (χ0n) is 12.5. The molecule has 2 amide bonds. The highest BCUT2D eigenvalue weighted by Gasteiger charge is 2.65. The summed E-state index contributed by atoms with van der Waals surface area (Å²) in [6.07, 6.45) is -10.0. The molecule has 1 heterocycles. The molecule has 0 aliphatic carbocycles. The summed E-state index contributed by atoms with van der Waals surface area (Å²) in [4.78, 5) is 23.3. The molecule has 1 saturated heterocycles. The molecule has 0 saturated carbocycles. The molecule has 3 N–H and O–H groups in total. The van der Waals surface area contributed by atoms with Crippen LogP contribution >= 0.6 is 0 Å². The number of rotatable bonds is 2. The van der Waals surface area contributed by atoms with Crippen LogP contribution in [0.15, 0.2) is 24.3 Å². The monoisotopic (exact) mass is 370 g/mol. The number of amides is 2. The topological polar surface area (TPSA) is 78.4 Å². The summed E-state index contributed by atoms with van der Waals surface area (Å²) in [5.41, 5.74) is -5.10. The first-order chi connectivity index (χ1) is 11.3. The van der Waals surface area contributed by atoms with Crippen LogP contribution in [-0.2, 0) is 11.0 Å². The average Bonchev–Trinajstić information content (AvgIpc) is 2.44. The SMILES string of the molecule is CC(=O)C1C(c2ccc(C(F)(F)F)cc2)NC(=O)NC1(O)C(F)(F)F. The van der Waals surface area contributed by atoms with Gasteiger partial charge in [0.2, 0.25) is 5.72 Å². The lowest BCUT2D eigenvalue weighted by atomic mass is 9.79. The Bertz CT molecular complexity index is 685. The third-order valence-corrected chi connectivity index (χ3v) is 3.84. The maximum absolute atomic E-state index is 13.2. The highest BCUT2D eigenvalue weighted by Crippen LogP contribution is 2.43. The van der Waals surface area contributed by atoms with Crippen molar-refractivity contribution >= 4 is 11.8 Å². The van der Waals surface area contributed by atoms with Crippen molar-refractivity contribution in [2.24, 2.45) is 5.92 Å². The molecule has 3 unspecified atom stereocenters. The van der Waals surface area contributed by atoms with Crippen molar-refractivity contribution in [2.75, 3.05) is 0 Å².